The van der Waals surface area contributed by atoms with Crippen LogP contribution in [0.5, 0.6) is 0 Å². The number of nitrogens with zero attached hydrogens (tertiary/aromatic N) is 1. The topological polar surface area (TPSA) is 54.7 Å². The second kappa shape index (κ2) is 3.92. The molecular formula is C10H17N3. The van der Waals surface area contributed by atoms with Crippen LogP contribution in [0.15, 0.2) is 0 Å². The van der Waals surface area contributed by atoms with E-state index in [1.54, 1.807) is 0 Å². The highest BCUT2D eigenvalue weighted by atomic mass is 14.9. The van der Waals surface area contributed by atoms with Crippen LogP contribution < -0.4 is 5.73 Å². The number of aryl methyl sites for hydroxylation is 3. The minimum atomic E-state index is 0.755. The van der Waals surface area contributed by atoms with E-state index in [4.69, 9.17) is 5.73 Å². The molecule has 0 amide bonds. The summed E-state index contributed by atoms with van der Waals surface area (Å²) in [5.41, 5.74) is 8.13. The smallest absolute Gasteiger partial charge is 0.106 e. The molecule has 1 aromatic rings. The minimum absolute atomic E-state index is 0.755. The van der Waals surface area contributed by atoms with Crippen LogP contribution >= 0.6 is 0 Å². The third-order valence-corrected chi connectivity index (χ3v) is 2.62. The van der Waals surface area contributed by atoms with E-state index >= 15 is 0 Å². The molecule has 72 valence electrons. The molecule has 3 N–H and O–H groups in total. The highest BCUT2D eigenvalue weighted by Crippen LogP contribution is 2.18. The van der Waals surface area contributed by atoms with E-state index in [0.29, 0.717) is 0 Å². The Balaban J connectivity index is 2.07. The molecule has 0 saturated heterocycles. The van der Waals surface area contributed by atoms with Crippen molar-refractivity contribution >= 4 is 0 Å². The summed E-state index contributed by atoms with van der Waals surface area (Å²) in [6, 6.07) is 0. The van der Waals surface area contributed by atoms with Crippen molar-refractivity contribution in [2.24, 2.45) is 5.73 Å². The zero-order valence-electron chi connectivity index (χ0n) is 7.97. The molecule has 0 aliphatic heterocycles. The molecule has 0 unspecified atom stereocenters. The van der Waals surface area contributed by atoms with Gasteiger partial charge in [0.2, 0.25) is 0 Å². The van der Waals surface area contributed by atoms with Crippen LogP contribution in [-0.4, -0.2) is 16.5 Å². The van der Waals surface area contributed by atoms with E-state index in [-0.39, 0.29) is 0 Å². The maximum atomic E-state index is 5.46. The van der Waals surface area contributed by atoms with Gasteiger partial charge in [-0.2, -0.15) is 0 Å². The number of aromatic nitrogens is 2. The van der Waals surface area contributed by atoms with Gasteiger partial charge in [-0.15, -0.1) is 0 Å². The van der Waals surface area contributed by atoms with E-state index in [1.165, 1.54) is 30.7 Å². The average molecular weight is 179 g/mol. The van der Waals surface area contributed by atoms with Gasteiger partial charge in [-0.25, -0.2) is 4.98 Å². The molecular weight excluding hydrogens is 162 g/mol. The Morgan fingerprint density at radius 1 is 1.31 bits per heavy atom. The van der Waals surface area contributed by atoms with E-state index in [1.807, 2.05) is 0 Å². The van der Waals surface area contributed by atoms with Crippen LogP contribution in [0.2, 0.25) is 0 Å². The zero-order chi connectivity index (χ0) is 9.10. The molecule has 3 heteroatoms. The van der Waals surface area contributed by atoms with Gasteiger partial charge < -0.3 is 10.7 Å². The van der Waals surface area contributed by atoms with Gasteiger partial charge in [0.25, 0.3) is 0 Å². The van der Waals surface area contributed by atoms with E-state index in [9.17, 15) is 0 Å². The fraction of sp³-hybridized carbons (Fsp3) is 0.700. The molecule has 0 radical (unpaired) electrons. The lowest BCUT2D eigenvalue weighted by molar-refractivity contribution is 0.667. The van der Waals surface area contributed by atoms with Gasteiger partial charge in [0.1, 0.15) is 5.82 Å². The van der Waals surface area contributed by atoms with Crippen LogP contribution in [0.4, 0.5) is 0 Å². The summed E-state index contributed by atoms with van der Waals surface area (Å²) >= 11 is 0. The number of H-pyrrole nitrogens is 1. The number of aromatic amines is 1. The Bertz CT molecular complexity index is 254. The summed E-state index contributed by atoms with van der Waals surface area (Å²) in [5, 5.41) is 0. The number of imidazole rings is 1. The van der Waals surface area contributed by atoms with E-state index in [0.717, 1.165) is 31.6 Å². The normalized spacial score (nSPS) is 15.8. The fourth-order valence-electron chi connectivity index (χ4n) is 1.90. The lowest BCUT2D eigenvalue weighted by atomic mass is 10.0. The average Bonchev–Trinajstić information content (AvgIpc) is 2.57. The summed E-state index contributed by atoms with van der Waals surface area (Å²) in [7, 11) is 0. The third-order valence-electron chi connectivity index (χ3n) is 2.62. The molecule has 0 saturated carbocycles. The number of nitrogens with one attached hydrogen (secondary N) is 1. The Morgan fingerprint density at radius 2 is 2.15 bits per heavy atom. The summed E-state index contributed by atoms with van der Waals surface area (Å²) < 4.78 is 0. The molecule has 2 rings (SSSR count). The van der Waals surface area contributed by atoms with Crippen LogP contribution in [0.1, 0.15) is 36.5 Å². The first-order chi connectivity index (χ1) is 6.40. The second-order valence-electron chi connectivity index (χ2n) is 3.71. The van der Waals surface area contributed by atoms with Crippen molar-refractivity contribution in [1.29, 1.82) is 0 Å². The molecule has 0 bridgehead atoms. The van der Waals surface area contributed by atoms with Crippen molar-refractivity contribution in [1.82, 2.24) is 9.97 Å². The molecule has 1 heterocycles. The quantitative estimate of drug-likeness (QED) is 0.732. The summed E-state index contributed by atoms with van der Waals surface area (Å²) in [6.07, 6.45) is 7.00. The predicted molar refractivity (Wildman–Crippen MR) is 52.6 cm³/mol. The first-order valence-electron chi connectivity index (χ1n) is 5.17. The zero-order valence-corrected chi connectivity index (χ0v) is 7.97. The van der Waals surface area contributed by atoms with Gasteiger partial charge in [-0.05, 0) is 38.6 Å². The monoisotopic (exact) mass is 179 g/mol. The van der Waals surface area contributed by atoms with Crippen LogP contribution in [0, 0.1) is 0 Å². The van der Waals surface area contributed by atoms with Crippen LogP contribution in [0.3, 0.4) is 0 Å². The third kappa shape index (κ3) is 1.91. The van der Waals surface area contributed by atoms with E-state index in [2.05, 4.69) is 9.97 Å². The molecule has 3 nitrogen and oxygen atoms in total. The molecule has 0 fully saturated rings. The van der Waals surface area contributed by atoms with Gasteiger partial charge in [0.15, 0.2) is 0 Å². The Morgan fingerprint density at radius 3 is 2.92 bits per heavy atom. The Kier molecular flexibility index (Phi) is 2.64. The Labute approximate surface area is 78.7 Å². The molecule has 1 aliphatic rings. The van der Waals surface area contributed by atoms with Crippen molar-refractivity contribution in [3.8, 4) is 0 Å². The van der Waals surface area contributed by atoms with E-state index < -0.39 is 0 Å². The molecule has 0 spiro atoms. The van der Waals surface area contributed by atoms with Crippen molar-refractivity contribution in [2.75, 3.05) is 6.54 Å². The van der Waals surface area contributed by atoms with Gasteiger partial charge in [0.05, 0.1) is 5.69 Å². The lowest BCUT2D eigenvalue weighted by Gasteiger charge is -2.07. The van der Waals surface area contributed by atoms with Crippen molar-refractivity contribution < 1.29 is 0 Å². The molecule has 1 aliphatic carbocycles. The van der Waals surface area contributed by atoms with Crippen molar-refractivity contribution in [2.45, 2.75) is 38.5 Å². The molecule has 0 aromatic carbocycles. The van der Waals surface area contributed by atoms with Crippen LogP contribution in [-0.2, 0) is 19.3 Å². The van der Waals surface area contributed by atoms with Crippen molar-refractivity contribution in [3.63, 3.8) is 0 Å². The number of hydrogen-bond acceptors (Lipinski definition) is 2. The van der Waals surface area contributed by atoms with Gasteiger partial charge in [-0.1, -0.05) is 0 Å². The number of rotatable bonds is 3. The standard InChI is InChI=1S/C10H17N3/c11-7-3-6-10-12-8-4-1-2-5-9(8)13-10/h1-7,11H2,(H,12,13). The summed E-state index contributed by atoms with van der Waals surface area (Å²) in [6.45, 7) is 0.755. The largest absolute Gasteiger partial charge is 0.346 e. The summed E-state index contributed by atoms with van der Waals surface area (Å²) in [5.74, 6) is 1.14. The molecule has 1 aromatic heterocycles. The highest BCUT2D eigenvalue weighted by Gasteiger charge is 2.13. The number of fused-ring (bicyclic) bond motifs is 1. The number of hydrogen-bond donors (Lipinski definition) is 2. The van der Waals surface area contributed by atoms with Crippen molar-refractivity contribution in [3.05, 3.63) is 17.2 Å². The molecule has 0 atom stereocenters. The summed E-state index contributed by atoms with van der Waals surface area (Å²) in [4.78, 5) is 7.98. The Hall–Kier alpha value is -0.830. The first-order valence-corrected chi connectivity index (χ1v) is 5.17. The fourth-order valence-corrected chi connectivity index (χ4v) is 1.90. The van der Waals surface area contributed by atoms with Gasteiger partial charge >= 0.3 is 0 Å². The maximum Gasteiger partial charge on any atom is 0.106 e. The second-order valence-corrected chi connectivity index (χ2v) is 3.71. The van der Waals surface area contributed by atoms with Gasteiger partial charge in [0, 0.05) is 12.1 Å². The SMILES string of the molecule is NCCCc1nc2c([nH]1)CCCC2. The molecule has 13 heavy (non-hydrogen) atoms. The maximum absolute atomic E-state index is 5.46. The first kappa shape index (κ1) is 8.75. The predicted octanol–water partition coefficient (Wildman–Crippen LogP) is 1.18. The highest BCUT2D eigenvalue weighted by molar-refractivity contribution is 5.17. The lowest BCUT2D eigenvalue weighted by Crippen LogP contribution is -2.01. The van der Waals surface area contributed by atoms with Gasteiger partial charge in [-0.3, -0.25) is 0 Å². The number of nitrogens with two attached hydrogens (primary N) is 1. The van der Waals surface area contributed by atoms with Crippen LogP contribution in [0.25, 0.3) is 0 Å². The minimum Gasteiger partial charge on any atom is -0.346 e.